The maximum atomic E-state index is 12.9. The van der Waals surface area contributed by atoms with Gasteiger partial charge in [0.05, 0.1) is 16.1 Å². The topological polar surface area (TPSA) is 95.6 Å². The fourth-order valence-corrected chi connectivity index (χ4v) is 4.40. The molecule has 2 aromatic carbocycles. The van der Waals surface area contributed by atoms with Gasteiger partial charge in [-0.25, -0.2) is 8.42 Å². The van der Waals surface area contributed by atoms with Gasteiger partial charge in [-0.3, -0.25) is 14.3 Å². The molecular weight excluding hydrogens is 390 g/mol. The highest BCUT2D eigenvalue weighted by Crippen LogP contribution is 2.28. The molecule has 2 aromatic rings. The molecule has 0 saturated carbocycles. The number of amides is 2. The minimum absolute atomic E-state index is 0.0429. The normalized spacial score (nSPS) is 14.0. The number of aryl methyl sites for hydroxylation is 1. The van der Waals surface area contributed by atoms with E-state index in [9.17, 15) is 18.0 Å². The summed E-state index contributed by atoms with van der Waals surface area (Å²) in [6, 6.07) is 11.0. The van der Waals surface area contributed by atoms with Crippen LogP contribution in [0.1, 0.15) is 28.8 Å². The van der Waals surface area contributed by atoms with Crippen LogP contribution in [-0.4, -0.2) is 33.3 Å². The van der Waals surface area contributed by atoms with Crippen LogP contribution in [0.25, 0.3) is 0 Å². The van der Waals surface area contributed by atoms with E-state index in [1.54, 1.807) is 42.2 Å². The van der Waals surface area contributed by atoms with E-state index in [2.05, 4.69) is 16.6 Å². The predicted octanol–water partition coefficient (Wildman–Crippen LogP) is 2.84. The molecule has 7 nitrogen and oxygen atoms in total. The molecule has 1 saturated heterocycles. The molecule has 8 heteroatoms. The minimum atomic E-state index is -3.92. The second-order valence-corrected chi connectivity index (χ2v) is 8.43. The number of rotatable bonds is 7. The van der Waals surface area contributed by atoms with Crippen LogP contribution in [0.2, 0.25) is 0 Å². The Balaban J connectivity index is 1.87. The summed E-state index contributed by atoms with van der Waals surface area (Å²) in [4.78, 5) is 26.0. The fraction of sp³-hybridized carbons (Fsp3) is 0.238. The molecule has 0 radical (unpaired) electrons. The zero-order chi connectivity index (χ0) is 21.0. The number of benzene rings is 2. The predicted molar refractivity (Wildman–Crippen MR) is 113 cm³/mol. The van der Waals surface area contributed by atoms with E-state index in [-0.39, 0.29) is 28.6 Å². The molecule has 0 unspecified atom stereocenters. The first kappa shape index (κ1) is 20.6. The number of anilines is 2. The lowest BCUT2D eigenvalue weighted by Crippen LogP contribution is -2.25. The Morgan fingerprint density at radius 3 is 2.66 bits per heavy atom. The number of sulfonamides is 1. The molecule has 29 heavy (non-hydrogen) atoms. The minimum Gasteiger partial charge on any atom is -0.349 e. The summed E-state index contributed by atoms with van der Waals surface area (Å²) in [7, 11) is -3.92. The van der Waals surface area contributed by atoms with E-state index < -0.39 is 15.9 Å². The van der Waals surface area contributed by atoms with Crippen LogP contribution >= 0.6 is 0 Å². The summed E-state index contributed by atoms with van der Waals surface area (Å²) >= 11 is 0. The van der Waals surface area contributed by atoms with E-state index in [4.69, 9.17) is 0 Å². The first-order valence-corrected chi connectivity index (χ1v) is 10.7. The molecule has 0 aromatic heterocycles. The maximum absolute atomic E-state index is 12.9. The summed E-state index contributed by atoms with van der Waals surface area (Å²) in [5.41, 5.74) is 1.82. The lowest BCUT2D eigenvalue weighted by molar-refractivity contribution is -0.117. The Morgan fingerprint density at radius 2 is 2.00 bits per heavy atom. The van der Waals surface area contributed by atoms with E-state index in [1.165, 1.54) is 18.2 Å². The summed E-state index contributed by atoms with van der Waals surface area (Å²) in [5, 5.41) is 2.64. The summed E-state index contributed by atoms with van der Waals surface area (Å²) in [6.07, 6.45) is 2.84. The monoisotopic (exact) mass is 413 g/mol. The SMILES string of the molecule is C=CCNC(=O)c1ccccc1NS(=O)(=O)c1ccc(N2CCCC2=O)c(C)c1. The van der Waals surface area contributed by atoms with Crippen molar-refractivity contribution in [2.45, 2.75) is 24.7 Å². The van der Waals surface area contributed by atoms with E-state index in [0.717, 1.165) is 12.1 Å². The van der Waals surface area contributed by atoms with Crippen molar-refractivity contribution in [1.29, 1.82) is 0 Å². The number of carbonyl (C=O) groups excluding carboxylic acids is 2. The first-order chi connectivity index (χ1) is 13.8. The van der Waals surface area contributed by atoms with Crippen molar-refractivity contribution in [3.63, 3.8) is 0 Å². The molecule has 3 rings (SSSR count). The van der Waals surface area contributed by atoms with Crippen LogP contribution in [0.3, 0.4) is 0 Å². The highest BCUT2D eigenvalue weighted by atomic mass is 32.2. The Bertz CT molecular complexity index is 1060. The third-order valence-electron chi connectivity index (χ3n) is 4.67. The number of carbonyl (C=O) groups is 2. The molecule has 2 amide bonds. The average molecular weight is 413 g/mol. The van der Waals surface area contributed by atoms with Crippen LogP contribution in [0.5, 0.6) is 0 Å². The zero-order valence-corrected chi connectivity index (χ0v) is 17.0. The van der Waals surface area contributed by atoms with Crippen molar-refractivity contribution in [3.8, 4) is 0 Å². The third-order valence-corrected chi connectivity index (χ3v) is 6.03. The van der Waals surface area contributed by atoms with Gasteiger partial charge in [0.25, 0.3) is 15.9 Å². The van der Waals surface area contributed by atoms with Crippen molar-refractivity contribution in [1.82, 2.24) is 5.32 Å². The largest absolute Gasteiger partial charge is 0.349 e. The Kier molecular flexibility index (Phi) is 6.03. The lowest BCUT2D eigenvalue weighted by Gasteiger charge is -2.19. The van der Waals surface area contributed by atoms with Crippen LogP contribution in [0, 0.1) is 6.92 Å². The Hall–Kier alpha value is -3.13. The molecule has 1 heterocycles. The van der Waals surface area contributed by atoms with Gasteiger partial charge < -0.3 is 10.2 Å². The fourth-order valence-electron chi connectivity index (χ4n) is 3.23. The van der Waals surface area contributed by atoms with Gasteiger partial charge in [-0.05, 0) is 49.2 Å². The maximum Gasteiger partial charge on any atom is 0.261 e. The molecule has 1 aliphatic rings. The third kappa shape index (κ3) is 4.48. The van der Waals surface area contributed by atoms with Gasteiger partial charge in [-0.2, -0.15) is 0 Å². The Morgan fingerprint density at radius 1 is 1.24 bits per heavy atom. The van der Waals surface area contributed by atoms with Crippen LogP contribution in [0.15, 0.2) is 60.0 Å². The molecule has 0 atom stereocenters. The van der Waals surface area contributed by atoms with Gasteiger partial charge in [-0.15, -0.1) is 6.58 Å². The molecule has 2 N–H and O–H groups in total. The van der Waals surface area contributed by atoms with Gasteiger partial charge in [0, 0.05) is 25.2 Å². The van der Waals surface area contributed by atoms with Crippen molar-refractivity contribution in [2.75, 3.05) is 22.7 Å². The molecule has 0 bridgehead atoms. The van der Waals surface area contributed by atoms with E-state index in [1.807, 2.05) is 0 Å². The summed E-state index contributed by atoms with van der Waals surface area (Å²) < 4.78 is 28.3. The molecule has 1 aliphatic heterocycles. The van der Waals surface area contributed by atoms with Gasteiger partial charge in [0.1, 0.15) is 0 Å². The number of hydrogen-bond donors (Lipinski definition) is 2. The highest BCUT2D eigenvalue weighted by molar-refractivity contribution is 7.92. The van der Waals surface area contributed by atoms with Gasteiger partial charge in [-0.1, -0.05) is 18.2 Å². The lowest BCUT2D eigenvalue weighted by atomic mass is 10.1. The summed E-state index contributed by atoms with van der Waals surface area (Å²) in [5.74, 6) is -0.358. The van der Waals surface area contributed by atoms with Crippen molar-refractivity contribution in [3.05, 3.63) is 66.2 Å². The van der Waals surface area contributed by atoms with Crippen molar-refractivity contribution in [2.24, 2.45) is 0 Å². The van der Waals surface area contributed by atoms with Gasteiger partial charge in [0.2, 0.25) is 5.91 Å². The molecule has 152 valence electrons. The van der Waals surface area contributed by atoms with Gasteiger partial charge >= 0.3 is 0 Å². The van der Waals surface area contributed by atoms with Crippen LogP contribution in [-0.2, 0) is 14.8 Å². The number of nitrogens with one attached hydrogen (secondary N) is 2. The van der Waals surface area contributed by atoms with Crippen LogP contribution < -0.4 is 14.9 Å². The standard InChI is InChI=1S/C21H23N3O4S/c1-3-12-22-21(26)17-7-4-5-8-18(17)23-29(27,28)16-10-11-19(15(2)14-16)24-13-6-9-20(24)25/h3-5,7-8,10-11,14,23H,1,6,9,12-13H2,2H3,(H,22,26). The van der Waals surface area contributed by atoms with E-state index in [0.29, 0.717) is 18.5 Å². The molecular formula is C21H23N3O4S. The second kappa shape index (κ2) is 8.48. The van der Waals surface area contributed by atoms with Crippen molar-refractivity contribution < 1.29 is 18.0 Å². The number of hydrogen-bond acceptors (Lipinski definition) is 4. The highest BCUT2D eigenvalue weighted by Gasteiger charge is 2.25. The Labute approximate surface area is 170 Å². The van der Waals surface area contributed by atoms with E-state index >= 15 is 0 Å². The quantitative estimate of drug-likeness (QED) is 0.683. The zero-order valence-electron chi connectivity index (χ0n) is 16.1. The number of nitrogens with zero attached hydrogens (tertiary/aromatic N) is 1. The molecule has 0 aliphatic carbocycles. The number of para-hydroxylation sites is 1. The second-order valence-electron chi connectivity index (χ2n) is 6.75. The van der Waals surface area contributed by atoms with Crippen LogP contribution in [0.4, 0.5) is 11.4 Å². The molecule has 0 spiro atoms. The van der Waals surface area contributed by atoms with Crippen molar-refractivity contribution >= 4 is 33.2 Å². The molecule has 1 fully saturated rings. The van der Waals surface area contributed by atoms with Gasteiger partial charge in [0.15, 0.2) is 0 Å². The first-order valence-electron chi connectivity index (χ1n) is 9.25. The smallest absolute Gasteiger partial charge is 0.261 e. The average Bonchev–Trinajstić information content (AvgIpc) is 3.11. The summed E-state index contributed by atoms with van der Waals surface area (Å²) in [6.45, 7) is 6.23.